The van der Waals surface area contributed by atoms with Gasteiger partial charge in [-0.15, -0.1) is 0 Å². The lowest BCUT2D eigenvalue weighted by Gasteiger charge is -2.15. The Morgan fingerprint density at radius 2 is 1.54 bits per heavy atom. The fraction of sp³-hybridized carbons (Fsp3) is 0.571. The van der Waals surface area contributed by atoms with E-state index in [-0.39, 0.29) is 30.9 Å². The van der Waals surface area contributed by atoms with Crippen LogP contribution in [0.3, 0.4) is 0 Å². The predicted molar refractivity (Wildman–Crippen MR) is 90.3 cm³/mol. The summed E-state index contributed by atoms with van der Waals surface area (Å²) < 4.78 is 4.69. The van der Waals surface area contributed by atoms with Gasteiger partial charge in [-0.05, 0) is 6.92 Å². The van der Waals surface area contributed by atoms with Gasteiger partial charge in [0, 0.05) is 6.42 Å². The van der Waals surface area contributed by atoms with Crippen molar-refractivity contribution < 1.29 is 38.6 Å². The molecule has 26 heavy (non-hydrogen) atoms. The van der Waals surface area contributed by atoms with Crippen molar-refractivity contribution in [2.24, 2.45) is 0 Å². The molecule has 11 nitrogen and oxygen atoms in total. The van der Waals surface area contributed by atoms with Gasteiger partial charge >= 0.3 is 11.9 Å². The second-order valence-corrected chi connectivity index (χ2v) is 5.37. The first-order valence-electron chi connectivity index (χ1n) is 7.47. The minimum Gasteiger partial charge on any atom is -0.480 e. The molecule has 0 aliphatic heterocycles. The molecule has 0 aliphatic carbocycles. The summed E-state index contributed by atoms with van der Waals surface area (Å²) in [5.74, 6) is -4.47. The Morgan fingerprint density at radius 3 is 2.08 bits per heavy atom. The maximum absolute atomic E-state index is 11.6. The van der Waals surface area contributed by atoms with Gasteiger partial charge in [0.2, 0.25) is 17.7 Å². The molecule has 3 amide bonds. The lowest BCUT2D eigenvalue weighted by atomic mass is 10.2. The number of carbonyl (C=O) groups is 6. The zero-order valence-electron chi connectivity index (χ0n) is 14.1. The molecule has 0 heterocycles. The second kappa shape index (κ2) is 12.7. The number of nitrogens with one attached hydrogen (secondary N) is 3. The number of hydrogen-bond donors (Lipinski definition) is 5. The van der Waals surface area contributed by atoms with Crippen molar-refractivity contribution >= 4 is 48.1 Å². The Morgan fingerprint density at radius 1 is 0.962 bits per heavy atom. The highest BCUT2D eigenvalue weighted by Crippen LogP contribution is 1.96. The lowest BCUT2D eigenvalue weighted by Crippen LogP contribution is -2.49. The summed E-state index contributed by atoms with van der Waals surface area (Å²) in [6, 6.07) is -1.51. The largest absolute Gasteiger partial charge is 0.480 e. The number of ketones is 1. The number of thiol groups is 1. The van der Waals surface area contributed by atoms with Crippen molar-refractivity contribution in [1.82, 2.24) is 16.0 Å². The van der Waals surface area contributed by atoms with Crippen molar-refractivity contribution in [1.29, 1.82) is 0 Å². The predicted octanol–water partition coefficient (Wildman–Crippen LogP) is -2.37. The number of carboxylic acids is 1. The van der Waals surface area contributed by atoms with Gasteiger partial charge in [0.15, 0.2) is 6.04 Å². The minimum atomic E-state index is -1.51. The van der Waals surface area contributed by atoms with Crippen LogP contribution in [0.15, 0.2) is 0 Å². The quantitative estimate of drug-likeness (QED) is 0.182. The maximum atomic E-state index is 11.6. The third-order valence-corrected chi connectivity index (χ3v) is 3.05. The summed E-state index contributed by atoms with van der Waals surface area (Å²) in [6.45, 7) is -0.212. The van der Waals surface area contributed by atoms with Gasteiger partial charge in [-0.1, -0.05) is 0 Å². The van der Waals surface area contributed by atoms with Crippen LogP contribution in [0, 0.1) is 0 Å². The monoisotopic (exact) mass is 391 g/mol. The van der Waals surface area contributed by atoms with Crippen molar-refractivity contribution in [3.05, 3.63) is 0 Å². The van der Waals surface area contributed by atoms with Crippen molar-refractivity contribution in [2.75, 3.05) is 25.4 Å². The Kier molecular flexibility index (Phi) is 11.4. The van der Waals surface area contributed by atoms with E-state index >= 15 is 0 Å². The molecule has 0 aliphatic rings. The Balaban J connectivity index is 4.24. The zero-order chi connectivity index (χ0) is 20.1. The highest BCUT2D eigenvalue weighted by Gasteiger charge is 2.22. The number of Topliss-reactive ketones (excluding diaryl/α,β-unsaturated/α-hetero) is 1. The first kappa shape index (κ1) is 23.4. The van der Waals surface area contributed by atoms with Gasteiger partial charge in [-0.25, -0.2) is 4.79 Å². The summed E-state index contributed by atoms with van der Waals surface area (Å²) in [4.78, 5) is 67.1. The van der Waals surface area contributed by atoms with Crippen LogP contribution in [-0.2, 0) is 33.5 Å². The summed E-state index contributed by atoms with van der Waals surface area (Å²) >= 11 is 3.70. The van der Waals surface area contributed by atoms with Crippen LogP contribution in [0.5, 0.6) is 0 Å². The number of ether oxygens (including phenoxy) is 1. The van der Waals surface area contributed by atoms with E-state index in [1.807, 2.05) is 0 Å². The molecular weight excluding hydrogens is 370 g/mol. The lowest BCUT2D eigenvalue weighted by molar-refractivity contribution is -0.150. The van der Waals surface area contributed by atoms with Gasteiger partial charge in [-0.2, -0.15) is 12.6 Å². The molecule has 0 aromatic rings. The molecule has 0 saturated heterocycles. The molecule has 1 atom stereocenters. The van der Waals surface area contributed by atoms with Crippen LogP contribution < -0.4 is 16.0 Å². The molecule has 1 unspecified atom stereocenters. The van der Waals surface area contributed by atoms with Crippen LogP contribution in [0.4, 0.5) is 0 Å². The normalized spacial score (nSPS) is 11.0. The fourth-order valence-corrected chi connectivity index (χ4v) is 1.53. The Bertz CT molecular complexity index is 566. The van der Waals surface area contributed by atoms with Crippen LogP contribution in [-0.4, -0.2) is 72.0 Å². The van der Waals surface area contributed by atoms with E-state index in [9.17, 15) is 28.8 Å². The molecule has 146 valence electrons. The van der Waals surface area contributed by atoms with Crippen LogP contribution in [0.1, 0.15) is 19.8 Å². The molecule has 0 radical (unpaired) electrons. The molecule has 0 fully saturated rings. The average molecular weight is 391 g/mol. The fourth-order valence-electron chi connectivity index (χ4n) is 1.42. The molecular formula is C14H21N3O8S. The minimum absolute atomic E-state index is 0.0290. The van der Waals surface area contributed by atoms with Gasteiger partial charge < -0.3 is 30.6 Å². The molecule has 0 spiro atoms. The molecule has 0 aromatic heterocycles. The van der Waals surface area contributed by atoms with Gasteiger partial charge in [-0.3, -0.25) is 19.2 Å². The summed E-state index contributed by atoms with van der Waals surface area (Å²) in [5.41, 5.74) is 0. The summed E-state index contributed by atoms with van der Waals surface area (Å²) in [6.07, 6.45) is -0.220. The number of esters is 1. The number of aliphatic carboxylic acids is 1. The number of hydrogen-bond acceptors (Lipinski definition) is 8. The van der Waals surface area contributed by atoms with E-state index in [4.69, 9.17) is 9.84 Å². The van der Waals surface area contributed by atoms with E-state index in [1.54, 1.807) is 0 Å². The summed E-state index contributed by atoms with van der Waals surface area (Å²) in [5, 5.41) is 15.5. The van der Waals surface area contributed by atoms with Crippen molar-refractivity contribution in [3.8, 4) is 0 Å². The first-order chi connectivity index (χ1) is 12.1. The summed E-state index contributed by atoms with van der Waals surface area (Å²) in [7, 11) is 0. The molecule has 12 heteroatoms. The molecule has 0 saturated carbocycles. The van der Waals surface area contributed by atoms with Gasteiger partial charge in [0.25, 0.3) is 0 Å². The molecule has 0 aromatic carbocycles. The van der Waals surface area contributed by atoms with E-state index in [0.717, 1.165) is 0 Å². The Hall–Kier alpha value is -2.63. The smallest absolute Gasteiger partial charge is 0.329 e. The van der Waals surface area contributed by atoms with Crippen molar-refractivity contribution in [2.45, 2.75) is 25.8 Å². The number of amides is 3. The number of carboxylic acid groups (broad SMARTS) is 1. The highest BCUT2D eigenvalue weighted by molar-refractivity contribution is 7.81. The molecule has 4 N–H and O–H groups in total. The van der Waals surface area contributed by atoms with E-state index < -0.39 is 48.9 Å². The standard InChI is InChI=1S/C14H21N3O8S/c1-8(18)2-3-13(22)25-6-9(14(23)24)17-11(20)5-15-10(19)4-16-12(21)7-26/h9,26H,2-7H2,1H3,(H,15,19)(H,16,21)(H,17,20)(H,23,24). The zero-order valence-corrected chi connectivity index (χ0v) is 15.0. The highest BCUT2D eigenvalue weighted by atomic mass is 32.1. The van der Waals surface area contributed by atoms with Crippen LogP contribution in [0.25, 0.3) is 0 Å². The third-order valence-electron chi connectivity index (χ3n) is 2.76. The Labute approximate surface area is 154 Å². The number of rotatable bonds is 12. The van der Waals surface area contributed by atoms with Crippen molar-refractivity contribution in [3.63, 3.8) is 0 Å². The number of carbonyl (C=O) groups excluding carboxylic acids is 5. The topological polar surface area (TPSA) is 168 Å². The van der Waals surface area contributed by atoms with Gasteiger partial charge in [0.05, 0.1) is 25.3 Å². The van der Waals surface area contributed by atoms with E-state index in [2.05, 4.69) is 28.6 Å². The molecule has 0 rings (SSSR count). The van der Waals surface area contributed by atoms with Crippen LogP contribution in [0.2, 0.25) is 0 Å². The maximum Gasteiger partial charge on any atom is 0.329 e. The SMILES string of the molecule is CC(=O)CCC(=O)OCC(NC(=O)CNC(=O)CNC(=O)CS)C(=O)O. The third kappa shape index (κ3) is 11.8. The molecule has 0 bridgehead atoms. The van der Waals surface area contributed by atoms with Gasteiger partial charge in [0.1, 0.15) is 12.4 Å². The second-order valence-electron chi connectivity index (χ2n) is 5.05. The van der Waals surface area contributed by atoms with Crippen LogP contribution >= 0.6 is 12.6 Å². The van der Waals surface area contributed by atoms with E-state index in [1.165, 1.54) is 6.92 Å². The first-order valence-corrected chi connectivity index (χ1v) is 8.10. The average Bonchev–Trinajstić information content (AvgIpc) is 2.58. The van der Waals surface area contributed by atoms with E-state index in [0.29, 0.717) is 0 Å².